The number of aromatic nitrogens is 2. The van der Waals surface area contributed by atoms with E-state index < -0.39 is 0 Å². The standard InChI is InChI=1S/C20H24N4O2/c1-14-11-15(2)24(22-14)12-18(25)23-10-9-20(13-23)8-7-16-5-3-4-6-17(16)19(26)21-20/h3-6,11H,7-10,12-13H2,1-2H3,(H,21,26)/t20-/m0/s1. The summed E-state index contributed by atoms with van der Waals surface area (Å²) in [6.45, 7) is 5.39. The smallest absolute Gasteiger partial charge is 0.252 e. The fourth-order valence-corrected chi connectivity index (χ4v) is 4.16. The number of nitrogens with one attached hydrogen (secondary N) is 1. The van der Waals surface area contributed by atoms with Gasteiger partial charge in [0.25, 0.3) is 5.91 Å². The van der Waals surface area contributed by atoms with Crippen LogP contribution in [0.2, 0.25) is 0 Å². The van der Waals surface area contributed by atoms with Crippen molar-refractivity contribution in [1.29, 1.82) is 0 Å². The number of benzene rings is 1. The lowest BCUT2D eigenvalue weighted by Crippen LogP contribution is -2.50. The lowest BCUT2D eigenvalue weighted by molar-refractivity contribution is -0.131. The highest BCUT2D eigenvalue weighted by Gasteiger charge is 2.42. The van der Waals surface area contributed by atoms with E-state index in [2.05, 4.69) is 10.4 Å². The zero-order chi connectivity index (χ0) is 18.3. The first-order chi connectivity index (χ1) is 12.5. The second kappa shape index (κ2) is 6.27. The van der Waals surface area contributed by atoms with Gasteiger partial charge in [-0.25, -0.2) is 0 Å². The van der Waals surface area contributed by atoms with Crippen LogP contribution >= 0.6 is 0 Å². The third kappa shape index (κ3) is 3.00. The summed E-state index contributed by atoms with van der Waals surface area (Å²) in [4.78, 5) is 27.3. The fraction of sp³-hybridized carbons (Fsp3) is 0.450. The molecule has 3 heterocycles. The monoisotopic (exact) mass is 352 g/mol. The van der Waals surface area contributed by atoms with E-state index in [1.54, 1.807) is 4.68 Å². The Bertz CT molecular complexity index is 872. The van der Waals surface area contributed by atoms with Gasteiger partial charge in [0.05, 0.1) is 11.2 Å². The average Bonchev–Trinajstić information content (AvgIpc) is 3.12. The maximum Gasteiger partial charge on any atom is 0.252 e. The van der Waals surface area contributed by atoms with Crippen LogP contribution in [0.3, 0.4) is 0 Å². The molecule has 1 N–H and O–H groups in total. The van der Waals surface area contributed by atoms with Crippen molar-refractivity contribution in [2.75, 3.05) is 13.1 Å². The summed E-state index contributed by atoms with van der Waals surface area (Å²) in [7, 11) is 0. The van der Waals surface area contributed by atoms with Gasteiger partial charge in [0.15, 0.2) is 0 Å². The van der Waals surface area contributed by atoms with Crippen LogP contribution in [0.25, 0.3) is 0 Å². The predicted molar refractivity (Wildman–Crippen MR) is 97.9 cm³/mol. The van der Waals surface area contributed by atoms with Crippen LogP contribution < -0.4 is 5.32 Å². The third-order valence-electron chi connectivity index (χ3n) is 5.61. The highest BCUT2D eigenvalue weighted by Crippen LogP contribution is 2.30. The average molecular weight is 352 g/mol. The minimum Gasteiger partial charge on any atom is -0.345 e. The SMILES string of the molecule is Cc1cc(C)n(CC(=O)N2CC[C@@]3(CCc4ccccc4C(=O)N3)C2)n1. The highest BCUT2D eigenvalue weighted by molar-refractivity contribution is 5.96. The molecule has 1 aromatic carbocycles. The lowest BCUT2D eigenvalue weighted by Gasteiger charge is -2.29. The summed E-state index contributed by atoms with van der Waals surface area (Å²) in [5.41, 5.74) is 3.44. The molecule has 1 spiro atoms. The largest absolute Gasteiger partial charge is 0.345 e. The molecule has 0 saturated carbocycles. The van der Waals surface area contributed by atoms with Gasteiger partial charge >= 0.3 is 0 Å². The summed E-state index contributed by atoms with van der Waals surface area (Å²) in [6, 6.07) is 9.75. The van der Waals surface area contributed by atoms with E-state index in [1.165, 1.54) is 0 Å². The topological polar surface area (TPSA) is 67.2 Å². The zero-order valence-electron chi connectivity index (χ0n) is 15.3. The maximum atomic E-state index is 12.7. The molecule has 0 aliphatic carbocycles. The Labute approximate surface area is 153 Å². The molecule has 0 radical (unpaired) electrons. The molecule has 0 unspecified atom stereocenters. The van der Waals surface area contributed by atoms with E-state index >= 15 is 0 Å². The van der Waals surface area contributed by atoms with E-state index in [9.17, 15) is 9.59 Å². The van der Waals surface area contributed by atoms with Crippen LogP contribution in [0.5, 0.6) is 0 Å². The van der Waals surface area contributed by atoms with Crippen molar-refractivity contribution in [3.05, 3.63) is 52.8 Å². The van der Waals surface area contributed by atoms with E-state index in [0.717, 1.165) is 41.8 Å². The Morgan fingerprint density at radius 1 is 1.27 bits per heavy atom. The molecular weight excluding hydrogens is 328 g/mol. The van der Waals surface area contributed by atoms with Gasteiger partial charge in [-0.3, -0.25) is 14.3 Å². The number of carbonyl (C=O) groups excluding carboxylic acids is 2. The first-order valence-corrected chi connectivity index (χ1v) is 9.15. The van der Waals surface area contributed by atoms with Gasteiger partial charge in [-0.15, -0.1) is 0 Å². The molecule has 2 aliphatic heterocycles. The van der Waals surface area contributed by atoms with Crippen LogP contribution in [-0.4, -0.2) is 45.1 Å². The molecule has 1 atom stereocenters. The number of nitrogens with zero attached hydrogens (tertiary/aromatic N) is 3. The fourth-order valence-electron chi connectivity index (χ4n) is 4.16. The van der Waals surface area contributed by atoms with Gasteiger partial charge in [-0.2, -0.15) is 5.10 Å². The quantitative estimate of drug-likeness (QED) is 0.897. The van der Waals surface area contributed by atoms with Gasteiger partial charge < -0.3 is 10.2 Å². The van der Waals surface area contributed by atoms with E-state index in [-0.39, 0.29) is 23.9 Å². The summed E-state index contributed by atoms with van der Waals surface area (Å²) in [5.74, 6) is 0.0371. The van der Waals surface area contributed by atoms with Gasteiger partial charge in [-0.1, -0.05) is 18.2 Å². The number of hydrogen-bond donors (Lipinski definition) is 1. The molecule has 2 aliphatic rings. The summed E-state index contributed by atoms with van der Waals surface area (Å²) < 4.78 is 1.75. The summed E-state index contributed by atoms with van der Waals surface area (Å²) in [6.07, 6.45) is 2.52. The molecule has 26 heavy (non-hydrogen) atoms. The number of amides is 2. The minimum atomic E-state index is -0.319. The Hall–Kier alpha value is -2.63. The number of carbonyl (C=O) groups is 2. The van der Waals surface area contributed by atoms with E-state index in [4.69, 9.17) is 0 Å². The van der Waals surface area contributed by atoms with Gasteiger partial charge in [-0.05, 0) is 50.8 Å². The Kier molecular flexibility index (Phi) is 4.05. The molecule has 1 saturated heterocycles. The first-order valence-electron chi connectivity index (χ1n) is 9.15. The number of rotatable bonds is 2. The number of aryl methyl sites for hydroxylation is 3. The predicted octanol–water partition coefficient (Wildman–Crippen LogP) is 1.85. The molecular formula is C20H24N4O2. The van der Waals surface area contributed by atoms with E-state index in [1.807, 2.05) is 49.1 Å². The summed E-state index contributed by atoms with van der Waals surface area (Å²) in [5, 5.41) is 7.60. The number of hydrogen-bond acceptors (Lipinski definition) is 3. The second-order valence-corrected chi connectivity index (χ2v) is 7.54. The van der Waals surface area contributed by atoms with Crippen LogP contribution in [0.4, 0.5) is 0 Å². The molecule has 0 bridgehead atoms. The van der Waals surface area contributed by atoms with Crippen molar-refractivity contribution >= 4 is 11.8 Å². The highest BCUT2D eigenvalue weighted by atomic mass is 16.2. The van der Waals surface area contributed by atoms with Crippen molar-refractivity contribution in [1.82, 2.24) is 20.0 Å². The van der Waals surface area contributed by atoms with Crippen LogP contribution in [0.15, 0.2) is 30.3 Å². The maximum absolute atomic E-state index is 12.7. The normalized spacial score (nSPS) is 22.2. The van der Waals surface area contributed by atoms with Crippen molar-refractivity contribution < 1.29 is 9.59 Å². The van der Waals surface area contributed by atoms with Crippen molar-refractivity contribution in [3.8, 4) is 0 Å². The minimum absolute atomic E-state index is 0.0223. The van der Waals surface area contributed by atoms with Crippen molar-refractivity contribution in [2.45, 2.75) is 45.2 Å². The second-order valence-electron chi connectivity index (χ2n) is 7.54. The Morgan fingerprint density at radius 3 is 2.85 bits per heavy atom. The molecule has 2 aromatic rings. The first kappa shape index (κ1) is 16.8. The molecule has 6 nitrogen and oxygen atoms in total. The molecule has 2 amide bonds. The van der Waals surface area contributed by atoms with Crippen molar-refractivity contribution in [2.24, 2.45) is 0 Å². The van der Waals surface area contributed by atoms with Crippen molar-refractivity contribution in [3.63, 3.8) is 0 Å². The Morgan fingerprint density at radius 2 is 2.08 bits per heavy atom. The van der Waals surface area contributed by atoms with E-state index in [0.29, 0.717) is 13.1 Å². The molecule has 136 valence electrons. The van der Waals surface area contributed by atoms with Gasteiger partial charge in [0, 0.05) is 24.3 Å². The summed E-state index contributed by atoms with van der Waals surface area (Å²) >= 11 is 0. The lowest BCUT2D eigenvalue weighted by atomic mass is 9.91. The molecule has 1 aromatic heterocycles. The Balaban J connectivity index is 1.47. The molecule has 4 rings (SSSR count). The van der Waals surface area contributed by atoms with Crippen LogP contribution in [0.1, 0.15) is 40.2 Å². The van der Waals surface area contributed by atoms with Crippen LogP contribution in [-0.2, 0) is 17.8 Å². The number of fused-ring (bicyclic) bond motifs is 1. The molecule has 1 fully saturated rings. The van der Waals surface area contributed by atoms with Gasteiger partial charge in [0.2, 0.25) is 5.91 Å². The van der Waals surface area contributed by atoms with Crippen LogP contribution in [0, 0.1) is 13.8 Å². The third-order valence-corrected chi connectivity index (χ3v) is 5.61. The molecule has 6 heteroatoms. The van der Waals surface area contributed by atoms with Gasteiger partial charge in [0.1, 0.15) is 6.54 Å². The zero-order valence-corrected chi connectivity index (χ0v) is 15.3. The number of likely N-dealkylation sites (tertiary alicyclic amines) is 1.